The van der Waals surface area contributed by atoms with Crippen molar-refractivity contribution in [3.8, 4) is 5.75 Å². The Morgan fingerprint density at radius 2 is 1.85 bits per heavy atom. The fourth-order valence-corrected chi connectivity index (χ4v) is 2.71. The van der Waals surface area contributed by atoms with Crippen LogP contribution in [0.4, 0.5) is 10.5 Å². The summed E-state index contributed by atoms with van der Waals surface area (Å²) >= 11 is 0. The molecule has 26 heavy (non-hydrogen) atoms. The van der Waals surface area contributed by atoms with Crippen LogP contribution in [0.2, 0.25) is 0 Å². The van der Waals surface area contributed by atoms with Crippen LogP contribution in [0.1, 0.15) is 26.3 Å². The zero-order chi connectivity index (χ0) is 18.7. The number of aromatic nitrogens is 1. The zero-order valence-electron chi connectivity index (χ0n) is 15.1. The predicted molar refractivity (Wildman–Crippen MR) is 102 cm³/mol. The molecule has 1 amide bonds. The maximum absolute atomic E-state index is 12.9. The van der Waals surface area contributed by atoms with Crippen LogP contribution in [0.5, 0.6) is 5.75 Å². The van der Waals surface area contributed by atoms with Crippen LogP contribution in [0.3, 0.4) is 0 Å². The average Bonchev–Trinajstić information content (AvgIpc) is 2.58. The van der Waals surface area contributed by atoms with E-state index in [4.69, 9.17) is 4.74 Å². The van der Waals surface area contributed by atoms with Gasteiger partial charge in [0, 0.05) is 11.6 Å². The highest BCUT2D eigenvalue weighted by molar-refractivity contribution is 5.99. The van der Waals surface area contributed by atoms with E-state index in [0.717, 1.165) is 16.5 Å². The molecular weight excluding hydrogens is 328 g/mol. The van der Waals surface area contributed by atoms with Gasteiger partial charge >= 0.3 is 6.09 Å². The molecule has 1 N–H and O–H groups in total. The SMILES string of the molecule is CC(C)(C)OC(=O)N(Cc1cccc(O)c1)c1cccc2cccnc12. The van der Waals surface area contributed by atoms with E-state index in [0.29, 0.717) is 5.69 Å². The molecule has 0 fully saturated rings. The minimum absolute atomic E-state index is 0.155. The van der Waals surface area contributed by atoms with Crippen molar-refractivity contribution in [1.29, 1.82) is 0 Å². The number of ether oxygens (including phenoxy) is 1. The summed E-state index contributed by atoms with van der Waals surface area (Å²) in [6, 6.07) is 16.3. The molecule has 0 saturated heterocycles. The molecule has 0 bridgehead atoms. The maximum Gasteiger partial charge on any atom is 0.415 e. The normalized spacial score (nSPS) is 11.3. The number of amides is 1. The lowest BCUT2D eigenvalue weighted by atomic mass is 10.1. The van der Waals surface area contributed by atoms with Gasteiger partial charge in [-0.1, -0.05) is 30.3 Å². The van der Waals surface area contributed by atoms with E-state index < -0.39 is 11.7 Å². The minimum atomic E-state index is -0.619. The summed E-state index contributed by atoms with van der Waals surface area (Å²) < 4.78 is 5.60. The molecule has 0 aliphatic rings. The van der Waals surface area contributed by atoms with Crippen molar-refractivity contribution in [3.63, 3.8) is 0 Å². The molecule has 1 aromatic heterocycles. The number of phenols is 1. The van der Waals surface area contributed by atoms with Crippen LogP contribution in [-0.4, -0.2) is 21.8 Å². The van der Waals surface area contributed by atoms with E-state index in [9.17, 15) is 9.90 Å². The van der Waals surface area contributed by atoms with Gasteiger partial charge < -0.3 is 9.84 Å². The van der Waals surface area contributed by atoms with Crippen molar-refractivity contribution in [2.45, 2.75) is 32.9 Å². The van der Waals surface area contributed by atoms with Crippen molar-refractivity contribution < 1.29 is 14.6 Å². The molecule has 1 heterocycles. The van der Waals surface area contributed by atoms with Crippen molar-refractivity contribution in [3.05, 3.63) is 66.4 Å². The number of nitrogens with zero attached hydrogens (tertiary/aromatic N) is 2. The predicted octanol–water partition coefficient (Wildman–Crippen LogP) is 4.88. The van der Waals surface area contributed by atoms with Gasteiger partial charge in [0.2, 0.25) is 0 Å². The highest BCUT2D eigenvalue weighted by Gasteiger charge is 2.25. The highest BCUT2D eigenvalue weighted by atomic mass is 16.6. The number of aromatic hydroxyl groups is 1. The first kappa shape index (κ1) is 17.7. The van der Waals surface area contributed by atoms with E-state index in [2.05, 4.69) is 4.98 Å². The smallest absolute Gasteiger partial charge is 0.415 e. The van der Waals surface area contributed by atoms with Crippen molar-refractivity contribution in [2.24, 2.45) is 0 Å². The molecule has 3 rings (SSSR count). The molecule has 0 spiro atoms. The molecule has 134 valence electrons. The van der Waals surface area contributed by atoms with Crippen LogP contribution >= 0.6 is 0 Å². The Balaban J connectivity index is 2.06. The number of hydrogen-bond acceptors (Lipinski definition) is 4. The van der Waals surface area contributed by atoms with Gasteiger partial charge in [0.05, 0.1) is 17.7 Å². The monoisotopic (exact) mass is 350 g/mol. The molecule has 0 radical (unpaired) electrons. The van der Waals surface area contributed by atoms with Crippen LogP contribution in [-0.2, 0) is 11.3 Å². The molecule has 5 nitrogen and oxygen atoms in total. The number of benzene rings is 2. The second kappa shape index (κ2) is 7.04. The van der Waals surface area contributed by atoms with Crippen LogP contribution < -0.4 is 4.90 Å². The first-order chi connectivity index (χ1) is 12.3. The molecule has 5 heteroatoms. The summed E-state index contributed by atoms with van der Waals surface area (Å²) in [7, 11) is 0. The van der Waals surface area contributed by atoms with Gasteiger partial charge in [-0.25, -0.2) is 4.79 Å². The third kappa shape index (κ3) is 4.11. The zero-order valence-corrected chi connectivity index (χ0v) is 15.1. The first-order valence-electron chi connectivity index (χ1n) is 8.46. The van der Waals surface area contributed by atoms with Crippen molar-refractivity contribution in [1.82, 2.24) is 4.98 Å². The molecule has 0 aliphatic heterocycles. The number of carbonyl (C=O) groups excluding carboxylic acids is 1. The van der Waals surface area contributed by atoms with E-state index in [1.54, 1.807) is 29.3 Å². The van der Waals surface area contributed by atoms with Crippen molar-refractivity contribution in [2.75, 3.05) is 4.90 Å². The third-order valence-corrected chi connectivity index (χ3v) is 3.77. The Bertz CT molecular complexity index is 926. The number of hydrogen-bond donors (Lipinski definition) is 1. The number of phenolic OH excluding ortho intramolecular Hbond substituents is 1. The molecule has 0 saturated carbocycles. The van der Waals surface area contributed by atoms with Gasteiger partial charge in [-0.15, -0.1) is 0 Å². The molecule has 2 aromatic carbocycles. The number of carbonyl (C=O) groups is 1. The Morgan fingerprint density at radius 1 is 1.12 bits per heavy atom. The summed E-state index contributed by atoms with van der Waals surface area (Å²) in [5.41, 5.74) is 1.57. The van der Waals surface area contributed by atoms with E-state index in [1.165, 1.54) is 0 Å². The summed E-state index contributed by atoms with van der Waals surface area (Å²) in [6.45, 7) is 5.76. The van der Waals surface area contributed by atoms with E-state index in [1.807, 2.05) is 57.2 Å². The molecule has 0 atom stereocenters. The van der Waals surface area contributed by atoms with Crippen LogP contribution in [0.15, 0.2) is 60.8 Å². The lowest BCUT2D eigenvalue weighted by Crippen LogP contribution is -2.36. The summed E-state index contributed by atoms with van der Waals surface area (Å²) in [5.74, 6) is 0.155. The Kier molecular flexibility index (Phi) is 4.80. The Labute approximate surface area is 152 Å². The van der Waals surface area contributed by atoms with Gasteiger partial charge in [0.25, 0.3) is 0 Å². The second-order valence-electron chi connectivity index (χ2n) is 7.09. The number of anilines is 1. The highest BCUT2D eigenvalue weighted by Crippen LogP contribution is 2.28. The van der Waals surface area contributed by atoms with E-state index in [-0.39, 0.29) is 12.3 Å². The summed E-state index contributed by atoms with van der Waals surface area (Å²) in [5, 5.41) is 10.7. The van der Waals surface area contributed by atoms with Gasteiger partial charge in [-0.05, 0) is 50.6 Å². The molecule has 3 aromatic rings. The Hall–Kier alpha value is -3.08. The fraction of sp³-hybridized carbons (Fsp3) is 0.238. The maximum atomic E-state index is 12.9. The summed E-state index contributed by atoms with van der Waals surface area (Å²) in [6.07, 6.45) is 1.24. The van der Waals surface area contributed by atoms with Gasteiger partial charge in [0.1, 0.15) is 11.4 Å². The third-order valence-electron chi connectivity index (χ3n) is 3.77. The number of rotatable bonds is 3. The standard InChI is InChI=1S/C21H22N2O3/c1-21(2,3)26-20(25)23(14-15-7-4-10-17(24)13-15)18-11-5-8-16-9-6-12-22-19(16)18/h4-13,24H,14H2,1-3H3. The average molecular weight is 350 g/mol. The Morgan fingerprint density at radius 3 is 2.58 bits per heavy atom. The first-order valence-corrected chi connectivity index (χ1v) is 8.46. The molecular formula is C21H22N2O3. The number of pyridine rings is 1. The lowest BCUT2D eigenvalue weighted by molar-refractivity contribution is 0.0578. The molecule has 0 unspecified atom stereocenters. The van der Waals surface area contributed by atoms with Crippen LogP contribution in [0, 0.1) is 0 Å². The second-order valence-corrected chi connectivity index (χ2v) is 7.09. The number of fused-ring (bicyclic) bond motifs is 1. The van der Waals surface area contributed by atoms with Gasteiger partial charge in [-0.2, -0.15) is 0 Å². The largest absolute Gasteiger partial charge is 0.508 e. The van der Waals surface area contributed by atoms with E-state index >= 15 is 0 Å². The number of para-hydroxylation sites is 1. The minimum Gasteiger partial charge on any atom is -0.508 e. The summed E-state index contributed by atoms with van der Waals surface area (Å²) in [4.78, 5) is 18.9. The fourth-order valence-electron chi connectivity index (χ4n) is 2.71. The quantitative estimate of drug-likeness (QED) is 0.731. The van der Waals surface area contributed by atoms with Gasteiger partial charge in [0.15, 0.2) is 0 Å². The topological polar surface area (TPSA) is 62.7 Å². The molecule has 0 aliphatic carbocycles. The van der Waals surface area contributed by atoms with Crippen LogP contribution in [0.25, 0.3) is 10.9 Å². The lowest BCUT2D eigenvalue weighted by Gasteiger charge is -2.28. The van der Waals surface area contributed by atoms with Gasteiger partial charge in [-0.3, -0.25) is 9.88 Å². The van der Waals surface area contributed by atoms with Crippen molar-refractivity contribution >= 4 is 22.7 Å².